The fraction of sp³-hybridized carbons (Fsp3) is 0.462. The van der Waals surface area contributed by atoms with Crippen molar-refractivity contribution in [3.63, 3.8) is 0 Å². The highest BCUT2D eigenvalue weighted by atomic mass is 16.6. The molecule has 1 amide bonds. The lowest BCUT2D eigenvalue weighted by Crippen LogP contribution is -2.42. The normalized spacial score (nSPS) is 26.8. The minimum absolute atomic E-state index is 0.0485. The summed E-state index contributed by atoms with van der Waals surface area (Å²) in [7, 11) is 0. The van der Waals surface area contributed by atoms with Crippen molar-refractivity contribution >= 4 is 34.8 Å². The SMILES string of the molecule is CC(=O)Nc1nc(N)c2ncn([C@@H]3O[C@H](C(O)C(=O)O)C(O)C3O)c2n1. The van der Waals surface area contributed by atoms with E-state index < -0.39 is 42.5 Å². The standard InChI is InChI=1S/C13H16N6O7/c1-3(20)16-13-17-9(14)4-10(18-13)19(2-15-4)11-6(22)5(21)8(26-11)7(23)12(24)25/h2,5-8,11,21-23H,1H3,(H,24,25)(H3,14,16,17,18,20)/t5?,6?,7?,8-,11+/m0/s1. The molecule has 2 aromatic heterocycles. The van der Waals surface area contributed by atoms with Gasteiger partial charge in [-0.1, -0.05) is 0 Å². The van der Waals surface area contributed by atoms with Gasteiger partial charge in [-0.15, -0.1) is 0 Å². The topological polar surface area (TPSA) is 206 Å². The second-order valence-corrected chi connectivity index (χ2v) is 5.69. The maximum Gasteiger partial charge on any atom is 0.335 e. The minimum atomic E-state index is -2.05. The van der Waals surface area contributed by atoms with Crippen LogP contribution in [0.3, 0.4) is 0 Å². The molecule has 5 atom stereocenters. The number of fused-ring (bicyclic) bond motifs is 1. The van der Waals surface area contributed by atoms with E-state index in [0.717, 1.165) is 0 Å². The largest absolute Gasteiger partial charge is 0.479 e. The number of carbonyl (C=O) groups excluding carboxylic acids is 1. The van der Waals surface area contributed by atoms with Gasteiger partial charge >= 0.3 is 5.97 Å². The Morgan fingerprint density at radius 2 is 2.04 bits per heavy atom. The first-order chi connectivity index (χ1) is 12.2. The predicted molar refractivity (Wildman–Crippen MR) is 83.6 cm³/mol. The number of carboxylic acids is 1. The molecule has 2 aromatic rings. The van der Waals surface area contributed by atoms with Gasteiger partial charge in [-0.2, -0.15) is 9.97 Å². The fourth-order valence-corrected chi connectivity index (χ4v) is 2.65. The van der Waals surface area contributed by atoms with E-state index >= 15 is 0 Å². The number of rotatable bonds is 4. The number of nitrogens with one attached hydrogen (secondary N) is 1. The van der Waals surface area contributed by atoms with E-state index in [1.807, 2.05) is 0 Å². The Kier molecular flexibility index (Phi) is 4.45. The Morgan fingerprint density at radius 3 is 2.65 bits per heavy atom. The Bertz CT molecular complexity index is 870. The van der Waals surface area contributed by atoms with Crippen LogP contribution in [0.1, 0.15) is 13.2 Å². The van der Waals surface area contributed by atoms with Crippen molar-refractivity contribution in [1.82, 2.24) is 19.5 Å². The number of anilines is 2. The Hall–Kier alpha value is -2.87. The highest BCUT2D eigenvalue weighted by Gasteiger charge is 2.49. The summed E-state index contributed by atoms with van der Waals surface area (Å²) in [4.78, 5) is 34.0. The average molecular weight is 368 g/mol. The van der Waals surface area contributed by atoms with Crippen LogP contribution in [0.4, 0.5) is 11.8 Å². The van der Waals surface area contributed by atoms with Gasteiger partial charge in [-0.05, 0) is 0 Å². The molecule has 13 heteroatoms. The molecule has 0 aliphatic carbocycles. The monoisotopic (exact) mass is 368 g/mol. The smallest absolute Gasteiger partial charge is 0.335 e. The van der Waals surface area contributed by atoms with Crippen molar-refractivity contribution in [2.24, 2.45) is 0 Å². The number of aliphatic carboxylic acids is 1. The van der Waals surface area contributed by atoms with Crippen molar-refractivity contribution in [2.75, 3.05) is 11.1 Å². The quantitative estimate of drug-likeness (QED) is 0.330. The van der Waals surface area contributed by atoms with Crippen LogP contribution in [0, 0.1) is 0 Å². The van der Waals surface area contributed by atoms with Crippen molar-refractivity contribution in [1.29, 1.82) is 0 Å². The number of carbonyl (C=O) groups is 2. The fourth-order valence-electron chi connectivity index (χ4n) is 2.65. The number of aromatic nitrogens is 4. The number of imidazole rings is 1. The molecule has 0 bridgehead atoms. The molecule has 1 saturated heterocycles. The third kappa shape index (κ3) is 2.92. The number of nitrogen functional groups attached to an aromatic ring is 1. The summed E-state index contributed by atoms with van der Waals surface area (Å²) in [6, 6.07) is 0. The third-order valence-electron chi connectivity index (χ3n) is 3.85. The summed E-state index contributed by atoms with van der Waals surface area (Å²) in [5.74, 6) is -2.21. The highest BCUT2D eigenvalue weighted by molar-refractivity contribution is 5.89. The molecule has 26 heavy (non-hydrogen) atoms. The summed E-state index contributed by atoms with van der Waals surface area (Å²) >= 11 is 0. The van der Waals surface area contributed by atoms with E-state index in [1.165, 1.54) is 17.8 Å². The number of aliphatic hydroxyl groups is 3. The van der Waals surface area contributed by atoms with Crippen molar-refractivity contribution < 1.29 is 34.8 Å². The van der Waals surface area contributed by atoms with Crippen molar-refractivity contribution in [3.05, 3.63) is 6.33 Å². The number of ether oxygens (including phenoxy) is 1. The number of hydrogen-bond acceptors (Lipinski definition) is 10. The maximum atomic E-state index is 11.2. The minimum Gasteiger partial charge on any atom is -0.479 e. The second-order valence-electron chi connectivity index (χ2n) is 5.69. The number of carboxylic acid groups (broad SMARTS) is 1. The average Bonchev–Trinajstić information content (AvgIpc) is 3.09. The summed E-state index contributed by atoms with van der Waals surface area (Å²) < 4.78 is 6.52. The highest BCUT2D eigenvalue weighted by Crippen LogP contribution is 2.33. The summed E-state index contributed by atoms with van der Waals surface area (Å²) in [6.07, 6.45) is -6.96. The number of hydrogen-bond donors (Lipinski definition) is 6. The lowest BCUT2D eigenvalue weighted by Gasteiger charge is -2.17. The molecule has 3 rings (SSSR count). The van der Waals surface area contributed by atoms with E-state index in [2.05, 4.69) is 20.3 Å². The number of aliphatic hydroxyl groups excluding tert-OH is 3. The van der Waals surface area contributed by atoms with Crippen LogP contribution in [0.15, 0.2) is 6.33 Å². The van der Waals surface area contributed by atoms with E-state index in [4.69, 9.17) is 15.6 Å². The Labute approximate surface area is 145 Å². The molecule has 0 aromatic carbocycles. The first-order valence-electron chi connectivity index (χ1n) is 7.40. The van der Waals surface area contributed by atoms with Crippen LogP contribution < -0.4 is 11.1 Å². The van der Waals surface area contributed by atoms with E-state index in [9.17, 15) is 24.9 Å². The third-order valence-corrected chi connectivity index (χ3v) is 3.85. The van der Waals surface area contributed by atoms with Gasteiger partial charge in [-0.25, -0.2) is 9.78 Å². The van der Waals surface area contributed by atoms with Crippen LogP contribution in [0.5, 0.6) is 0 Å². The zero-order valence-corrected chi connectivity index (χ0v) is 13.3. The van der Waals surface area contributed by atoms with E-state index in [-0.39, 0.29) is 22.9 Å². The molecule has 3 unspecified atom stereocenters. The van der Waals surface area contributed by atoms with Crippen LogP contribution >= 0.6 is 0 Å². The van der Waals surface area contributed by atoms with Gasteiger partial charge in [0.2, 0.25) is 11.9 Å². The molecule has 140 valence electrons. The molecule has 3 heterocycles. The number of nitrogens with two attached hydrogens (primary N) is 1. The second kappa shape index (κ2) is 6.45. The molecule has 13 nitrogen and oxygen atoms in total. The molecule has 1 aliphatic heterocycles. The first-order valence-corrected chi connectivity index (χ1v) is 7.40. The van der Waals surface area contributed by atoms with Crippen LogP contribution in [0.2, 0.25) is 0 Å². The van der Waals surface area contributed by atoms with Crippen LogP contribution in [-0.4, -0.2) is 76.2 Å². The van der Waals surface area contributed by atoms with Gasteiger partial charge in [0.15, 0.2) is 23.8 Å². The van der Waals surface area contributed by atoms with Gasteiger partial charge in [0.1, 0.15) is 23.8 Å². The molecule has 1 fully saturated rings. The van der Waals surface area contributed by atoms with Gasteiger partial charge in [0.05, 0.1) is 6.33 Å². The predicted octanol–water partition coefficient (Wildman–Crippen LogP) is -2.57. The molecule has 7 N–H and O–H groups in total. The Balaban J connectivity index is 2.01. The lowest BCUT2D eigenvalue weighted by molar-refractivity contribution is -0.160. The maximum absolute atomic E-state index is 11.2. The number of nitrogens with zero attached hydrogens (tertiary/aromatic N) is 4. The van der Waals surface area contributed by atoms with Gasteiger partial charge in [0, 0.05) is 6.92 Å². The summed E-state index contributed by atoms with van der Waals surface area (Å²) in [5, 5.41) is 41.0. The van der Waals surface area contributed by atoms with Crippen LogP contribution in [-0.2, 0) is 14.3 Å². The molecule has 1 aliphatic rings. The summed E-state index contributed by atoms with van der Waals surface area (Å²) in [6.45, 7) is 1.25. The zero-order chi connectivity index (χ0) is 19.2. The first kappa shape index (κ1) is 17.9. The molecule has 0 saturated carbocycles. The van der Waals surface area contributed by atoms with Crippen molar-refractivity contribution in [2.45, 2.75) is 37.6 Å². The van der Waals surface area contributed by atoms with Crippen LogP contribution in [0.25, 0.3) is 11.2 Å². The van der Waals surface area contributed by atoms with E-state index in [1.54, 1.807) is 0 Å². The zero-order valence-electron chi connectivity index (χ0n) is 13.3. The van der Waals surface area contributed by atoms with Gasteiger partial charge in [0.25, 0.3) is 0 Å². The molecule has 0 spiro atoms. The molecular formula is C13H16N6O7. The summed E-state index contributed by atoms with van der Waals surface area (Å²) in [5.41, 5.74) is 5.99. The lowest BCUT2D eigenvalue weighted by atomic mass is 10.1. The molecular weight excluding hydrogens is 352 g/mol. The van der Waals surface area contributed by atoms with Gasteiger partial charge in [-0.3, -0.25) is 14.7 Å². The Morgan fingerprint density at radius 1 is 1.35 bits per heavy atom. The van der Waals surface area contributed by atoms with Crippen molar-refractivity contribution in [3.8, 4) is 0 Å². The molecule has 0 radical (unpaired) electrons. The number of amides is 1. The van der Waals surface area contributed by atoms with Gasteiger partial charge < -0.3 is 30.9 Å². The van der Waals surface area contributed by atoms with E-state index in [0.29, 0.717) is 0 Å².